The molecule has 0 amide bonds. The molecule has 0 radical (unpaired) electrons. The van der Waals surface area contributed by atoms with Crippen LogP contribution in [0.15, 0.2) is 36.8 Å². The van der Waals surface area contributed by atoms with E-state index in [1.165, 1.54) is 5.56 Å². The van der Waals surface area contributed by atoms with E-state index in [1.807, 2.05) is 44.7 Å². The van der Waals surface area contributed by atoms with E-state index in [0.717, 1.165) is 53.8 Å². The molecule has 0 spiro atoms. The normalized spacial score (nSPS) is 16.4. The van der Waals surface area contributed by atoms with Gasteiger partial charge in [0.2, 0.25) is 5.95 Å². The zero-order valence-corrected chi connectivity index (χ0v) is 16.7. The summed E-state index contributed by atoms with van der Waals surface area (Å²) in [7, 11) is 5.27. The van der Waals surface area contributed by atoms with Gasteiger partial charge in [-0.1, -0.05) is 12.1 Å². The summed E-state index contributed by atoms with van der Waals surface area (Å²) < 4.78 is 12.9. The molecule has 3 aromatic rings. The summed E-state index contributed by atoms with van der Waals surface area (Å²) in [4.78, 5) is 11.7. The highest BCUT2D eigenvalue weighted by molar-refractivity contribution is 5.62. The fraction of sp³-hybridized carbons (Fsp3) is 0.381. The van der Waals surface area contributed by atoms with Gasteiger partial charge in [0.1, 0.15) is 0 Å². The van der Waals surface area contributed by atoms with Crippen LogP contribution < -0.4 is 14.4 Å². The maximum atomic E-state index is 5.63. The van der Waals surface area contributed by atoms with Crippen LogP contribution in [0, 0.1) is 6.92 Å². The number of benzene rings is 1. The first kappa shape index (κ1) is 18.3. The molecule has 1 aromatic carbocycles. The van der Waals surface area contributed by atoms with Crippen LogP contribution in [-0.4, -0.2) is 47.1 Å². The second kappa shape index (κ2) is 7.50. The second-order valence-electron chi connectivity index (χ2n) is 7.12. The summed E-state index contributed by atoms with van der Waals surface area (Å²) in [6, 6.07) is 6.06. The molecule has 0 N–H and O–H groups in total. The first-order valence-corrected chi connectivity index (χ1v) is 9.39. The smallest absolute Gasteiger partial charge is 0.225 e. The van der Waals surface area contributed by atoms with Gasteiger partial charge in [0.05, 0.1) is 26.1 Å². The molecule has 1 unspecified atom stereocenters. The van der Waals surface area contributed by atoms with Crippen molar-refractivity contribution in [1.29, 1.82) is 0 Å². The third-order valence-electron chi connectivity index (χ3n) is 5.28. The number of ether oxygens (including phenoxy) is 2. The summed E-state index contributed by atoms with van der Waals surface area (Å²) in [6.45, 7) is 3.78. The zero-order valence-electron chi connectivity index (χ0n) is 16.7. The maximum Gasteiger partial charge on any atom is 0.225 e. The van der Waals surface area contributed by atoms with Gasteiger partial charge in [-0.15, -0.1) is 0 Å². The Kier molecular flexibility index (Phi) is 4.90. The van der Waals surface area contributed by atoms with Crippen LogP contribution in [0.25, 0.3) is 11.3 Å². The summed E-state index contributed by atoms with van der Waals surface area (Å²) in [6.07, 6.45) is 6.73. The van der Waals surface area contributed by atoms with Gasteiger partial charge < -0.3 is 14.4 Å². The topological polar surface area (TPSA) is 65.3 Å². The van der Waals surface area contributed by atoms with Crippen LogP contribution in [-0.2, 0) is 7.05 Å². The Morgan fingerprint density at radius 1 is 1.14 bits per heavy atom. The Hall–Kier alpha value is -3.09. The number of hydrogen-bond acceptors (Lipinski definition) is 6. The first-order chi connectivity index (χ1) is 13.6. The Labute approximate surface area is 164 Å². The SMILES string of the molecule is COc1cccc(C2CCN(c3ncc(C)c(-c4cnn(C)c4)n3)C2)c1OC. The van der Waals surface area contributed by atoms with Crippen LogP contribution >= 0.6 is 0 Å². The third-order valence-corrected chi connectivity index (χ3v) is 5.28. The summed E-state index contributed by atoms with van der Waals surface area (Å²) in [5, 5.41) is 4.27. The molecule has 4 rings (SSSR count). The van der Waals surface area contributed by atoms with Crippen molar-refractivity contribution in [1.82, 2.24) is 19.7 Å². The summed E-state index contributed by atoms with van der Waals surface area (Å²) >= 11 is 0. The van der Waals surface area contributed by atoms with E-state index in [1.54, 1.807) is 18.9 Å². The van der Waals surface area contributed by atoms with E-state index in [9.17, 15) is 0 Å². The van der Waals surface area contributed by atoms with Gasteiger partial charge in [-0.3, -0.25) is 4.68 Å². The number of nitrogens with zero attached hydrogens (tertiary/aromatic N) is 5. The predicted octanol–water partition coefficient (Wildman–Crippen LogP) is 3.20. The minimum absolute atomic E-state index is 0.344. The second-order valence-corrected chi connectivity index (χ2v) is 7.12. The molecule has 7 heteroatoms. The van der Waals surface area contributed by atoms with E-state index in [0.29, 0.717) is 5.92 Å². The van der Waals surface area contributed by atoms with Crippen molar-refractivity contribution in [2.45, 2.75) is 19.3 Å². The third kappa shape index (κ3) is 3.28. The lowest BCUT2D eigenvalue weighted by atomic mass is 9.97. The fourth-order valence-corrected chi connectivity index (χ4v) is 3.85. The van der Waals surface area contributed by atoms with Gasteiger partial charge in [-0.2, -0.15) is 5.10 Å². The minimum Gasteiger partial charge on any atom is -0.493 e. The van der Waals surface area contributed by atoms with Crippen molar-refractivity contribution >= 4 is 5.95 Å². The lowest BCUT2D eigenvalue weighted by molar-refractivity contribution is 0.350. The molecule has 7 nitrogen and oxygen atoms in total. The van der Waals surface area contributed by atoms with Crippen molar-refractivity contribution < 1.29 is 9.47 Å². The molecule has 0 aliphatic carbocycles. The monoisotopic (exact) mass is 379 g/mol. The Morgan fingerprint density at radius 2 is 2.00 bits per heavy atom. The highest BCUT2D eigenvalue weighted by Crippen LogP contribution is 2.39. The quantitative estimate of drug-likeness (QED) is 0.678. The van der Waals surface area contributed by atoms with E-state index in [2.05, 4.69) is 21.0 Å². The maximum absolute atomic E-state index is 5.63. The first-order valence-electron chi connectivity index (χ1n) is 9.39. The number of methoxy groups -OCH3 is 2. The van der Waals surface area contributed by atoms with Gasteiger partial charge in [0.25, 0.3) is 0 Å². The van der Waals surface area contributed by atoms with Crippen LogP contribution in [0.3, 0.4) is 0 Å². The van der Waals surface area contributed by atoms with Crippen molar-refractivity contribution in [2.75, 3.05) is 32.2 Å². The Bertz CT molecular complexity index is 985. The van der Waals surface area contributed by atoms with E-state index in [4.69, 9.17) is 14.5 Å². The number of anilines is 1. The molecule has 1 aliphatic rings. The molecule has 1 aliphatic heterocycles. The van der Waals surface area contributed by atoms with Crippen LogP contribution in [0.5, 0.6) is 11.5 Å². The molecule has 146 valence electrons. The van der Waals surface area contributed by atoms with Gasteiger partial charge in [0.15, 0.2) is 11.5 Å². The van der Waals surface area contributed by atoms with E-state index < -0.39 is 0 Å². The summed E-state index contributed by atoms with van der Waals surface area (Å²) in [5.74, 6) is 2.69. The molecular weight excluding hydrogens is 354 g/mol. The average molecular weight is 379 g/mol. The molecule has 0 bridgehead atoms. The standard InChI is InChI=1S/C21H25N5O2/c1-14-10-22-21(24-19(14)16-11-23-25(2)12-16)26-9-8-15(13-26)17-6-5-7-18(27-3)20(17)28-4/h5-7,10-12,15H,8-9,13H2,1-4H3. The van der Waals surface area contributed by atoms with Crippen molar-refractivity contribution in [2.24, 2.45) is 7.05 Å². The van der Waals surface area contributed by atoms with Gasteiger partial charge in [-0.05, 0) is 25.0 Å². The molecule has 28 heavy (non-hydrogen) atoms. The number of aromatic nitrogens is 4. The lowest BCUT2D eigenvalue weighted by Crippen LogP contribution is -2.22. The largest absolute Gasteiger partial charge is 0.493 e. The highest BCUT2D eigenvalue weighted by Gasteiger charge is 2.29. The fourth-order valence-electron chi connectivity index (χ4n) is 3.85. The average Bonchev–Trinajstić information content (AvgIpc) is 3.37. The number of para-hydroxylation sites is 1. The molecule has 1 saturated heterocycles. The van der Waals surface area contributed by atoms with E-state index >= 15 is 0 Å². The van der Waals surface area contributed by atoms with Gasteiger partial charge >= 0.3 is 0 Å². The Balaban J connectivity index is 1.60. The molecule has 3 heterocycles. The number of aryl methyl sites for hydroxylation is 2. The molecule has 1 fully saturated rings. The van der Waals surface area contributed by atoms with Gasteiger partial charge in [-0.25, -0.2) is 9.97 Å². The van der Waals surface area contributed by atoms with Gasteiger partial charge in [0, 0.05) is 49.6 Å². The van der Waals surface area contributed by atoms with Crippen LogP contribution in [0.2, 0.25) is 0 Å². The lowest BCUT2D eigenvalue weighted by Gasteiger charge is -2.19. The molecule has 1 atom stereocenters. The number of rotatable bonds is 5. The van der Waals surface area contributed by atoms with E-state index in [-0.39, 0.29) is 0 Å². The molecular formula is C21H25N5O2. The minimum atomic E-state index is 0.344. The van der Waals surface area contributed by atoms with Crippen molar-refractivity contribution in [3.8, 4) is 22.8 Å². The van der Waals surface area contributed by atoms with Crippen LogP contribution in [0.1, 0.15) is 23.5 Å². The molecule has 2 aromatic heterocycles. The predicted molar refractivity (Wildman–Crippen MR) is 108 cm³/mol. The number of hydrogen-bond donors (Lipinski definition) is 0. The van der Waals surface area contributed by atoms with Crippen LogP contribution in [0.4, 0.5) is 5.95 Å². The zero-order chi connectivity index (χ0) is 19.7. The highest BCUT2D eigenvalue weighted by atomic mass is 16.5. The molecule has 0 saturated carbocycles. The Morgan fingerprint density at radius 3 is 2.71 bits per heavy atom. The summed E-state index contributed by atoms with van der Waals surface area (Å²) in [5.41, 5.74) is 4.15. The van der Waals surface area contributed by atoms with Crippen molar-refractivity contribution in [3.63, 3.8) is 0 Å². The van der Waals surface area contributed by atoms with Crippen molar-refractivity contribution in [3.05, 3.63) is 47.9 Å².